The minimum Gasteiger partial charge on any atom is -0.496 e. The topological polar surface area (TPSA) is 38.6 Å². The summed E-state index contributed by atoms with van der Waals surface area (Å²) in [7, 11) is 1.71. The zero-order valence-corrected chi connectivity index (χ0v) is 17.0. The van der Waals surface area contributed by atoms with E-state index in [9.17, 15) is 0 Å². The summed E-state index contributed by atoms with van der Waals surface area (Å²) in [5, 5.41) is 3.82. The van der Waals surface area contributed by atoms with Gasteiger partial charge < -0.3 is 10.1 Å². The molecule has 4 heteroatoms. The maximum atomic E-state index is 5.49. The summed E-state index contributed by atoms with van der Waals surface area (Å²) in [6.45, 7) is 4.28. The molecule has 0 bridgehead atoms. The van der Waals surface area contributed by atoms with E-state index in [2.05, 4.69) is 53.9 Å². The van der Waals surface area contributed by atoms with Crippen LogP contribution in [0, 0.1) is 13.8 Å². The van der Waals surface area contributed by atoms with Crippen LogP contribution >= 0.6 is 0 Å². The molecule has 1 aliphatic rings. The molecule has 4 rings (SSSR count). The highest BCUT2D eigenvalue weighted by Gasteiger charge is 2.18. The zero-order chi connectivity index (χ0) is 19.5. The minimum atomic E-state index is 0.521. The molecule has 1 fully saturated rings. The van der Waals surface area contributed by atoms with Crippen molar-refractivity contribution in [1.29, 1.82) is 0 Å². The highest BCUT2D eigenvalue weighted by Crippen LogP contribution is 2.28. The van der Waals surface area contributed by atoms with Gasteiger partial charge in [0.25, 0.3) is 0 Å². The van der Waals surface area contributed by atoms with Gasteiger partial charge in [-0.25, -0.2) is 4.98 Å². The van der Waals surface area contributed by atoms with Crippen LogP contribution in [0.1, 0.15) is 54.6 Å². The lowest BCUT2D eigenvalue weighted by atomic mass is 9.95. The molecule has 0 spiro atoms. The number of nitrogens with one attached hydrogen (secondary N) is 1. The molecule has 1 aliphatic carbocycles. The number of methoxy groups -OCH3 is 1. The molecule has 4 nitrogen and oxygen atoms in total. The van der Waals surface area contributed by atoms with E-state index in [1.807, 2.05) is 18.2 Å². The molecule has 2 aromatic heterocycles. The summed E-state index contributed by atoms with van der Waals surface area (Å²) in [6, 6.07) is 13.0. The monoisotopic (exact) mass is 375 g/mol. The van der Waals surface area contributed by atoms with Crippen molar-refractivity contribution in [2.45, 2.75) is 52.0 Å². The predicted molar refractivity (Wildman–Crippen MR) is 117 cm³/mol. The summed E-state index contributed by atoms with van der Waals surface area (Å²) < 4.78 is 7.74. The summed E-state index contributed by atoms with van der Waals surface area (Å²) >= 11 is 0. The first-order valence-corrected chi connectivity index (χ1v) is 10.2. The Morgan fingerprint density at radius 1 is 1.07 bits per heavy atom. The second-order valence-corrected chi connectivity index (χ2v) is 7.77. The van der Waals surface area contributed by atoms with E-state index in [4.69, 9.17) is 9.72 Å². The third-order valence-corrected chi connectivity index (χ3v) is 5.58. The smallest absolute Gasteiger partial charge is 0.139 e. The Hall–Kier alpha value is -2.75. The van der Waals surface area contributed by atoms with Crippen molar-refractivity contribution >= 4 is 23.6 Å². The Balaban J connectivity index is 1.76. The average molecular weight is 376 g/mol. The molecule has 3 aromatic rings. The number of benzene rings is 1. The van der Waals surface area contributed by atoms with Crippen molar-refractivity contribution in [2.75, 3.05) is 12.4 Å². The van der Waals surface area contributed by atoms with Crippen LogP contribution in [0.3, 0.4) is 0 Å². The standard InChI is InChI=1S/C24H29N3O/c1-17-15-18(2)27-23(16-17)26-21(24(27)25-20-10-5-4-6-11-20)14-13-19-9-7-8-12-22(19)28-3/h7-9,12-16,20,25H,4-6,10-11H2,1-3H3. The van der Waals surface area contributed by atoms with E-state index >= 15 is 0 Å². The van der Waals surface area contributed by atoms with E-state index in [-0.39, 0.29) is 0 Å². The van der Waals surface area contributed by atoms with Crippen LogP contribution < -0.4 is 10.1 Å². The summed E-state index contributed by atoms with van der Waals surface area (Å²) in [5.41, 5.74) is 5.47. The summed E-state index contributed by atoms with van der Waals surface area (Å²) in [6.07, 6.45) is 10.6. The molecule has 0 saturated heterocycles. The summed E-state index contributed by atoms with van der Waals surface area (Å²) in [4.78, 5) is 4.94. The number of fused-ring (bicyclic) bond motifs is 1. The Bertz CT molecular complexity index is 996. The second kappa shape index (κ2) is 8.09. The SMILES string of the molecule is COc1ccccc1C=Cc1nc2cc(C)cc(C)n2c1NC1CCCCC1. The molecular weight excluding hydrogens is 346 g/mol. The first-order valence-electron chi connectivity index (χ1n) is 10.2. The van der Waals surface area contributed by atoms with Gasteiger partial charge in [-0.2, -0.15) is 0 Å². The Morgan fingerprint density at radius 2 is 1.86 bits per heavy atom. The molecule has 28 heavy (non-hydrogen) atoms. The van der Waals surface area contributed by atoms with E-state index < -0.39 is 0 Å². The van der Waals surface area contributed by atoms with Gasteiger partial charge >= 0.3 is 0 Å². The molecular formula is C24H29N3O. The van der Waals surface area contributed by atoms with Gasteiger partial charge in [-0.15, -0.1) is 0 Å². The summed E-state index contributed by atoms with van der Waals surface area (Å²) in [5.74, 6) is 1.97. The van der Waals surface area contributed by atoms with Gasteiger partial charge in [0.2, 0.25) is 0 Å². The van der Waals surface area contributed by atoms with Crippen molar-refractivity contribution in [1.82, 2.24) is 9.38 Å². The van der Waals surface area contributed by atoms with Crippen molar-refractivity contribution in [3.63, 3.8) is 0 Å². The lowest BCUT2D eigenvalue weighted by molar-refractivity contribution is 0.414. The van der Waals surface area contributed by atoms with Gasteiger partial charge in [-0.05, 0) is 62.6 Å². The van der Waals surface area contributed by atoms with Gasteiger partial charge in [0.05, 0.1) is 7.11 Å². The Labute approximate surface area is 167 Å². The lowest BCUT2D eigenvalue weighted by Gasteiger charge is -2.24. The number of hydrogen-bond acceptors (Lipinski definition) is 3. The van der Waals surface area contributed by atoms with Crippen LogP contribution in [0.25, 0.3) is 17.8 Å². The van der Waals surface area contributed by atoms with Crippen LogP contribution in [-0.4, -0.2) is 22.5 Å². The first kappa shape index (κ1) is 18.6. The number of ether oxygens (including phenoxy) is 1. The Morgan fingerprint density at radius 3 is 2.64 bits per heavy atom. The second-order valence-electron chi connectivity index (χ2n) is 7.77. The number of aromatic nitrogens is 2. The van der Waals surface area contributed by atoms with Crippen LogP contribution in [-0.2, 0) is 0 Å². The number of rotatable bonds is 5. The van der Waals surface area contributed by atoms with Gasteiger partial charge in [-0.1, -0.05) is 37.5 Å². The highest BCUT2D eigenvalue weighted by atomic mass is 16.5. The van der Waals surface area contributed by atoms with Crippen molar-refractivity contribution in [3.05, 3.63) is 58.9 Å². The fraction of sp³-hybridized carbons (Fsp3) is 0.375. The van der Waals surface area contributed by atoms with Gasteiger partial charge in [0.15, 0.2) is 0 Å². The van der Waals surface area contributed by atoms with Crippen LogP contribution in [0.15, 0.2) is 36.4 Å². The van der Waals surface area contributed by atoms with Gasteiger partial charge in [-0.3, -0.25) is 4.40 Å². The zero-order valence-electron chi connectivity index (χ0n) is 17.0. The quantitative estimate of drug-likeness (QED) is 0.606. The third kappa shape index (κ3) is 3.77. The molecule has 0 aliphatic heterocycles. The predicted octanol–water partition coefficient (Wildman–Crippen LogP) is 5.87. The minimum absolute atomic E-state index is 0.521. The largest absolute Gasteiger partial charge is 0.496 e. The van der Waals surface area contributed by atoms with E-state index in [0.29, 0.717) is 6.04 Å². The number of pyridine rings is 1. The molecule has 1 aromatic carbocycles. The van der Waals surface area contributed by atoms with E-state index in [1.54, 1.807) is 7.11 Å². The third-order valence-electron chi connectivity index (χ3n) is 5.58. The molecule has 1 N–H and O–H groups in total. The molecule has 0 unspecified atom stereocenters. The van der Waals surface area contributed by atoms with Crippen molar-refractivity contribution in [3.8, 4) is 5.75 Å². The number of anilines is 1. The normalized spacial score (nSPS) is 15.4. The fourth-order valence-corrected chi connectivity index (χ4v) is 4.22. The number of hydrogen-bond donors (Lipinski definition) is 1. The number of aryl methyl sites for hydroxylation is 2. The van der Waals surface area contributed by atoms with Gasteiger partial charge in [0.1, 0.15) is 22.9 Å². The first-order chi connectivity index (χ1) is 13.7. The maximum Gasteiger partial charge on any atom is 0.139 e. The molecule has 0 radical (unpaired) electrons. The average Bonchev–Trinajstić information content (AvgIpc) is 3.04. The van der Waals surface area contributed by atoms with Crippen molar-refractivity contribution < 1.29 is 4.74 Å². The molecule has 0 atom stereocenters. The molecule has 2 heterocycles. The maximum absolute atomic E-state index is 5.49. The van der Waals surface area contributed by atoms with Crippen LogP contribution in [0.4, 0.5) is 5.82 Å². The van der Waals surface area contributed by atoms with Crippen LogP contribution in [0.2, 0.25) is 0 Å². The molecule has 146 valence electrons. The van der Waals surface area contributed by atoms with Gasteiger partial charge in [0, 0.05) is 17.3 Å². The number of nitrogens with zero attached hydrogens (tertiary/aromatic N) is 2. The highest BCUT2D eigenvalue weighted by molar-refractivity contribution is 5.78. The fourth-order valence-electron chi connectivity index (χ4n) is 4.22. The Kier molecular flexibility index (Phi) is 5.38. The van der Waals surface area contributed by atoms with E-state index in [0.717, 1.165) is 28.5 Å². The number of para-hydroxylation sites is 1. The lowest BCUT2D eigenvalue weighted by Crippen LogP contribution is -2.23. The molecule has 0 amide bonds. The van der Waals surface area contributed by atoms with Crippen molar-refractivity contribution in [2.24, 2.45) is 0 Å². The van der Waals surface area contributed by atoms with E-state index in [1.165, 1.54) is 43.4 Å². The number of imidazole rings is 1. The molecule has 1 saturated carbocycles. The van der Waals surface area contributed by atoms with Crippen LogP contribution in [0.5, 0.6) is 5.75 Å².